The summed E-state index contributed by atoms with van der Waals surface area (Å²) in [5.74, 6) is 4.01. The standard InChI is InChI=1S/C27H44O/c1-4-5-6-7-8-9-11-20-18-21-19-22(28)13-17-27(21,3)24-14-16-26(2)15-10-12-23(26)25(20)24/h19-20,23-25H,4-18H2,1-3H3/t20-,23+,24+,25+,26+,27+/m1/s1. The van der Waals surface area contributed by atoms with E-state index in [2.05, 4.69) is 26.8 Å². The van der Waals surface area contributed by atoms with Crippen LogP contribution in [0.25, 0.3) is 0 Å². The molecule has 0 radical (unpaired) electrons. The number of unbranched alkanes of at least 4 members (excludes halogenated alkanes) is 5. The molecule has 0 aliphatic heterocycles. The van der Waals surface area contributed by atoms with E-state index in [1.165, 1.54) is 83.5 Å². The van der Waals surface area contributed by atoms with Crippen molar-refractivity contribution in [3.05, 3.63) is 11.6 Å². The molecule has 0 N–H and O–H groups in total. The molecule has 4 aliphatic carbocycles. The minimum atomic E-state index is 0.333. The first-order valence-corrected chi connectivity index (χ1v) is 12.7. The highest BCUT2D eigenvalue weighted by Crippen LogP contribution is 2.67. The van der Waals surface area contributed by atoms with Crippen LogP contribution in [0.1, 0.15) is 117 Å². The van der Waals surface area contributed by atoms with Gasteiger partial charge in [0.1, 0.15) is 0 Å². The molecule has 4 aliphatic rings. The summed E-state index contributed by atoms with van der Waals surface area (Å²) in [7, 11) is 0. The van der Waals surface area contributed by atoms with Crippen molar-refractivity contribution in [3.63, 3.8) is 0 Å². The maximum atomic E-state index is 12.2. The summed E-state index contributed by atoms with van der Waals surface area (Å²) in [5, 5.41) is 0. The van der Waals surface area contributed by atoms with Gasteiger partial charge >= 0.3 is 0 Å². The molecule has 3 fully saturated rings. The average Bonchev–Trinajstić information content (AvgIpc) is 3.07. The maximum absolute atomic E-state index is 12.2. The summed E-state index contributed by atoms with van der Waals surface area (Å²) < 4.78 is 0. The van der Waals surface area contributed by atoms with Gasteiger partial charge in [0.05, 0.1) is 0 Å². The van der Waals surface area contributed by atoms with Crippen LogP contribution >= 0.6 is 0 Å². The highest BCUT2D eigenvalue weighted by atomic mass is 16.1. The fourth-order valence-electron chi connectivity index (χ4n) is 8.18. The van der Waals surface area contributed by atoms with Crippen molar-refractivity contribution >= 4 is 5.78 Å². The predicted octanol–water partition coefficient (Wildman–Crippen LogP) is 7.89. The summed E-state index contributed by atoms with van der Waals surface area (Å²) in [6.07, 6.45) is 22.4. The number of carbonyl (C=O) groups is 1. The third-order valence-electron chi connectivity index (χ3n) is 9.85. The van der Waals surface area contributed by atoms with Crippen LogP contribution in [0.5, 0.6) is 0 Å². The number of fused-ring (bicyclic) bond motifs is 5. The van der Waals surface area contributed by atoms with Crippen molar-refractivity contribution in [2.24, 2.45) is 34.5 Å². The van der Waals surface area contributed by atoms with Crippen molar-refractivity contribution in [2.75, 3.05) is 0 Å². The maximum Gasteiger partial charge on any atom is 0.155 e. The fourth-order valence-corrected chi connectivity index (χ4v) is 8.18. The smallest absolute Gasteiger partial charge is 0.155 e. The summed E-state index contributed by atoms with van der Waals surface area (Å²) in [6.45, 7) is 7.47. The minimum absolute atomic E-state index is 0.333. The molecule has 0 amide bonds. The lowest BCUT2D eigenvalue weighted by Gasteiger charge is -2.60. The Morgan fingerprint density at radius 3 is 2.57 bits per heavy atom. The largest absolute Gasteiger partial charge is 0.295 e. The zero-order valence-corrected chi connectivity index (χ0v) is 18.9. The normalized spacial score (nSPS) is 42.5. The molecule has 0 unspecified atom stereocenters. The molecule has 1 heteroatoms. The Hall–Kier alpha value is -0.590. The van der Waals surface area contributed by atoms with Crippen molar-refractivity contribution < 1.29 is 4.79 Å². The van der Waals surface area contributed by atoms with Crippen LogP contribution in [0.2, 0.25) is 0 Å². The Morgan fingerprint density at radius 1 is 0.964 bits per heavy atom. The summed E-state index contributed by atoms with van der Waals surface area (Å²) in [4.78, 5) is 12.2. The summed E-state index contributed by atoms with van der Waals surface area (Å²) in [5.41, 5.74) is 2.52. The van der Waals surface area contributed by atoms with E-state index in [4.69, 9.17) is 0 Å². The van der Waals surface area contributed by atoms with Crippen molar-refractivity contribution in [3.8, 4) is 0 Å². The number of rotatable bonds is 7. The Balaban J connectivity index is 1.53. The lowest BCUT2D eigenvalue weighted by molar-refractivity contribution is -0.118. The third-order valence-corrected chi connectivity index (χ3v) is 9.85. The SMILES string of the molecule is CCCCCCCC[C@@H]1CC2=CC(=O)CC[C@]2(C)[C@H]2CC[C@]3(C)CCC[C@H]3[C@H]12. The molecule has 0 bridgehead atoms. The summed E-state index contributed by atoms with van der Waals surface area (Å²) in [6, 6.07) is 0. The molecule has 158 valence electrons. The van der Waals surface area contributed by atoms with Crippen LogP contribution in [0, 0.1) is 34.5 Å². The second kappa shape index (κ2) is 8.27. The quantitative estimate of drug-likeness (QED) is 0.408. The first kappa shape index (κ1) is 20.7. The van der Waals surface area contributed by atoms with E-state index in [-0.39, 0.29) is 0 Å². The van der Waals surface area contributed by atoms with Gasteiger partial charge in [-0.15, -0.1) is 0 Å². The van der Waals surface area contributed by atoms with Gasteiger partial charge in [0.2, 0.25) is 0 Å². The second-order valence-corrected chi connectivity index (χ2v) is 11.4. The molecule has 28 heavy (non-hydrogen) atoms. The van der Waals surface area contributed by atoms with E-state index in [1.54, 1.807) is 5.57 Å². The Kier molecular flexibility index (Phi) is 6.11. The molecule has 0 heterocycles. The van der Waals surface area contributed by atoms with E-state index >= 15 is 0 Å². The van der Waals surface area contributed by atoms with Gasteiger partial charge in [0.15, 0.2) is 5.78 Å². The Morgan fingerprint density at radius 2 is 1.75 bits per heavy atom. The van der Waals surface area contributed by atoms with E-state index in [9.17, 15) is 4.79 Å². The Bertz CT molecular complexity index is 603. The first-order valence-electron chi connectivity index (χ1n) is 12.7. The van der Waals surface area contributed by atoms with Gasteiger partial charge in [-0.05, 0) is 85.5 Å². The highest BCUT2D eigenvalue weighted by molar-refractivity contribution is 5.91. The van der Waals surface area contributed by atoms with E-state index in [0.29, 0.717) is 16.6 Å². The van der Waals surface area contributed by atoms with E-state index in [1.807, 2.05) is 0 Å². The predicted molar refractivity (Wildman–Crippen MR) is 118 cm³/mol. The molecule has 4 rings (SSSR count). The van der Waals surface area contributed by atoms with E-state index < -0.39 is 0 Å². The van der Waals surface area contributed by atoms with Crippen LogP contribution in [0.15, 0.2) is 11.6 Å². The molecular formula is C27H44O. The lowest BCUT2D eigenvalue weighted by Crippen LogP contribution is -2.52. The number of allylic oxidation sites excluding steroid dienone is 1. The molecular weight excluding hydrogens is 340 g/mol. The van der Waals surface area contributed by atoms with Crippen molar-refractivity contribution in [2.45, 2.75) is 117 Å². The lowest BCUT2D eigenvalue weighted by atomic mass is 9.45. The fraction of sp³-hybridized carbons (Fsp3) is 0.889. The van der Waals surface area contributed by atoms with Gasteiger partial charge in [-0.1, -0.05) is 71.3 Å². The van der Waals surface area contributed by atoms with Crippen LogP contribution < -0.4 is 0 Å². The minimum Gasteiger partial charge on any atom is -0.295 e. The number of carbonyl (C=O) groups excluding carboxylic acids is 1. The van der Waals surface area contributed by atoms with Gasteiger partial charge in [0.25, 0.3) is 0 Å². The molecule has 0 aromatic heterocycles. The van der Waals surface area contributed by atoms with Gasteiger partial charge in [0, 0.05) is 6.42 Å². The van der Waals surface area contributed by atoms with Crippen LogP contribution in [0.4, 0.5) is 0 Å². The molecule has 0 spiro atoms. The first-order chi connectivity index (χ1) is 13.5. The molecule has 0 aromatic rings. The van der Waals surface area contributed by atoms with Gasteiger partial charge < -0.3 is 0 Å². The summed E-state index contributed by atoms with van der Waals surface area (Å²) >= 11 is 0. The van der Waals surface area contributed by atoms with Gasteiger partial charge in [-0.25, -0.2) is 0 Å². The monoisotopic (exact) mass is 384 g/mol. The molecule has 3 saturated carbocycles. The van der Waals surface area contributed by atoms with Crippen LogP contribution in [0.3, 0.4) is 0 Å². The third kappa shape index (κ3) is 3.65. The molecule has 0 aromatic carbocycles. The van der Waals surface area contributed by atoms with Crippen molar-refractivity contribution in [1.29, 1.82) is 0 Å². The molecule has 1 nitrogen and oxygen atoms in total. The molecule has 0 saturated heterocycles. The van der Waals surface area contributed by atoms with Gasteiger partial charge in [-0.3, -0.25) is 4.79 Å². The second-order valence-electron chi connectivity index (χ2n) is 11.4. The van der Waals surface area contributed by atoms with Crippen LogP contribution in [-0.4, -0.2) is 5.78 Å². The van der Waals surface area contributed by atoms with Gasteiger partial charge in [-0.2, -0.15) is 0 Å². The molecule has 6 atom stereocenters. The Labute approximate surface area is 174 Å². The van der Waals surface area contributed by atoms with Crippen LogP contribution in [-0.2, 0) is 4.79 Å². The number of hydrogen-bond donors (Lipinski definition) is 0. The topological polar surface area (TPSA) is 17.1 Å². The van der Waals surface area contributed by atoms with Crippen molar-refractivity contribution in [1.82, 2.24) is 0 Å². The van der Waals surface area contributed by atoms with E-state index in [0.717, 1.165) is 36.5 Å². The number of ketones is 1. The zero-order valence-electron chi connectivity index (χ0n) is 18.9. The number of hydrogen-bond acceptors (Lipinski definition) is 1. The average molecular weight is 385 g/mol. The highest BCUT2D eigenvalue weighted by Gasteiger charge is 2.58. The zero-order chi connectivity index (χ0) is 19.8.